The molecule has 0 bridgehead atoms. The van der Waals surface area contributed by atoms with Gasteiger partial charge in [0.05, 0.1) is 13.3 Å². The van der Waals surface area contributed by atoms with Crippen molar-refractivity contribution in [1.82, 2.24) is 5.43 Å². The maximum atomic E-state index is 12.3. The van der Waals surface area contributed by atoms with Crippen molar-refractivity contribution in [2.75, 3.05) is 19.0 Å². The first-order chi connectivity index (χ1) is 16.1. The van der Waals surface area contributed by atoms with Gasteiger partial charge in [0.2, 0.25) is 0 Å². The Bertz CT molecular complexity index is 1260. The number of hydrogen-bond donors (Lipinski definition) is 2. The molecular weight excluding hydrogens is 422 g/mol. The van der Waals surface area contributed by atoms with Crippen LogP contribution >= 0.6 is 0 Å². The summed E-state index contributed by atoms with van der Waals surface area (Å²) in [4.78, 5) is 24.3. The van der Waals surface area contributed by atoms with E-state index in [-0.39, 0.29) is 18.3 Å². The van der Waals surface area contributed by atoms with E-state index in [1.807, 2.05) is 36.4 Å². The molecule has 166 valence electrons. The summed E-state index contributed by atoms with van der Waals surface area (Å²) in [6.45, 7) is -0.174. The Labute approximate surface area is 189 Å². The molecule has 8 heteroatoms. The Hall–Kier alpha value is -4.59. The summed E-state index contributed by atoms with van der Waals surface area (Å²) < 4.78 is 16.4. The number of carbonyl (C=O) groups is 2. The third kappa shape index (κ3) is 5.56. The van der Waals surface area contributed by atoms with E-state index in [4.69, 9.17) is 13.9 Å². The number of fused-ring (bicyclic) bond motifs is 1. The third-order valence-electron chi connectivity index (χ3n) is 4.63. The van der Waals surface area contributed by atoms with Crippen LogP contribution in [-0.2, 0) is 4.79 Å². The monoisotopic (exact) mass is 443 g/mol. The van der Waals surface area contributed by atoms with Crippen LogP contribution in [0.5, 0.6) is 11.5 Å². The number of rotatable bonds is 8. The second-order valence-electron chi connectivity index (χ2n) is 6.96. The van der Waals surface area contributed by atoms with E-state index in [9.17, 15) is 9.59 Å². The van der Waals surface area contributed by atoms with Crippen LogP contribution in [0.4, 0.5) is 5.69 Å². The molecule has 0 aliphatic rings. The van der Waals surface area contributed by atoms with Gasteiger partial charge >= 0.3 is 5.91 Å². The van der Waals surface area contributed by atoms with Crippen LogP contribution in [0.2, 0.25) is 0 Å². The average Bonchev–Trinajstić information content (AvgIpc) is 3.28. The van der Waals surface area contributed by atoms with Crippen molar-refractivity contribution < 1.29 is 23.5 Å². The normalized spacial score (nSPS) is 10.8. The first-order valence-corrected chi connectivity index (χ1v) is 10.1. The number of benzene rings is 3. The number of anilines is 1. The molecule has 4 aromatic rings. The highest BCUT2D eigenvalue weighted by atomic mass is 16.5. The van der Waals surface area contributed by atoms with E-state index in [2.05, 4.69) is 15.8 Å². The number of methoxy groups -OCH3 is 1. The third-order valence-corrected chi connectivity index (χ3v) is 4.63. The molecule has 3 aromatic carbocycles. The zero-order valence-corrected chi connectivity index (χ0v) is 17.8. The minimum absolute atomic E-state index is 0.170. The molecule has 2 N–H and O–H groups in total. The van der Waals surface area contributed by atoms with Crippen LogP contribution in [-0.4, -0.2) is 31.7 Å². The van der Waals surface area contributed by atoms with Crippen molar-refractivity contribution in [2.24, 2.45) is 5.10 Å². The molecule has 1 aromatic heterocycles. The predicted octanol–water partition coefficient (Wildman–Crippen LogP) is 4.22. The molecule has 1 heterocycles. The lowest BCUT2D eigenvalue weighted by Crippen LogP contribution is -2.20. The van der Waals surface area contributed by atoms with Gasteiger partial charge in [0.1, 0.15) is 5.58 Å². The number of hydrogen-bond acceptors (Lipinski definition) is 6. The first kappa shape index (κ1) is 21.6. The van der Waals surface area contributed by atoms with Crippen molar-refractivity contribution in [3.63, 3.8) is 0 Å². The maximum Gasteiger partial charge on any atom is 0.307 e. The number of nitrogens with one attached hydrogen (secondary N) is 2. The van der Waals surface area contributed by atoms with Gasteiger partial charge in [-0.2, -0.15) is 5.10 Å². The van der Waals surface area contributed by atoms with Crippen LogP contribution in [0.1, 0.15) is 16.1 Å². The molecule has 0 fully saturated rings. The largest absolute Gasteiger partial charge is 0.493 e. The first-order valence-electron chi connectivity index (χ1n) is 10.1. The maximum absolute atomic E-state index is 12.3. The molecule has 0 spiro atoms. The Morgan fingerprint density at radius 2 is 1.76 bits per heavy atom. The van der Waals surface area contributed by atoms with Crippen molar-refractivity contribution >= 4 is 34.7 Å². The summed E-state index contributed by atoms with van der Waals surface area (Å²) in [5.41, 5.74) is 4.42. The van der Waals surface area contributed by atoms with Gasteiger partial charge in [-0.1, -0.05) is 36.4 Å². The van der Waals surface area contributed by atoms with Crippen molar-refractivity contribution in [3.05, 3.63) is 90.2 Å². The van der Waals surface area contributed by atoms with E-state index < -0.39 is 5.91 Å². The minimum atomic E-state index is -0.459. The number of amides is 2. The molecule has 0 radical (unpaired) electrons. The van der Waals surface area contributed by atoms with E-state index in [0.29, 0.717) is 28.3 Å². The van der Waals surface area contributed by atoms with Crippen LogP contribution in [0.25, 0.3) is 11.0 Å². The fourth-order valence-corrected chi connectivity index (χ4v) is 3.06. The molecule has 33 heavy (non-hydrogen) atoms. The molecule has 2 amide bonds. The van der Waals surface area contributed by atoms with Crippen molar-refractivity contribution in [3.8, 4) is 11.5 Å². The molecule has 4 rings (SSSR count). The van der Waals surface area contributed by atoms with Gasteiger partial charge in [0.25, 0.3) is 5.91 Å². The lowest BCUT2D eigenvalue weighted by molar-refractivity contribution is -0.118. The van der Waals surface area contributed by atoms with Gasteiger partial charge in [-0.15, -0.1) is 0 Å². The van der Waals surface area contributed by atoms with Crippen LogP contribution in [0, 0.1) is 0 Å². The topological polar surface area (TPSA) is 102 Å². The second-order valence-corrected chi connectivity index (χ2v) is 6.96. The summed E-state index contributed by atoms with van der Waals surface area (Å²) in [6.07, 6.45) is 1.47. The zero-order valence-electron chi connectivity index (χ0n) is 17.8. The number of hydrazone groups is 1. The van der Waals surface area contributed by atoms with E-state index >= 15 is 0 Å². The highest BCUT2D eigenvalue weighted by Gasteiger charge is 2.11. The van der Waals surface area contributed by atoms with E-state index in [1.54, 1.807) is 42.5 Å². The molecule has 0 aliphatic carbocycles. The molecular formula is C25H21N3O5. The number of carbonyl (C=O) groups excluding carboxylic acids is 2. The number of furan rings is 1. The van der Waals surface area contributed by atoms with Gasteiger partial charge in [-0.3, -0.25) is 9.59 Å². The Morgan fingerprint density at radius 3 is 2.55 bits per heavy atom. The number of ether oxygens (including phenoxy) is 2. The van der Waals surface area contributed by atoms with Gasteiger partial charge in [0, 0.05) is 11.1 Å². The lowest BCUT2D eigenvalue weighted by Gasteiger charge is -2.11. The van der Waals surface area contributed by atoms with Crippen LogP contribution in [0.15, 0.2) is 88.4 Å². The Kier molecular flexibility index (Phi) is 6.65. The fourth-order valence-electron chi connectivity index (χ4n) is 3.06. The summed E-state index contributed by atoms with van der Waals surface area (Å²) in [7, 11) is 1.50. The molecule has 0 saturated carbocycles. The van der Waals surface area contributed by atoms with Crippen molar-refractivity contribution in [2.45, 2.75) is 0 Å². The van der Waals surface area contributed by atoms with Crippen LogP contribution < -0.4 is 20.2 Å². The smallest absolute Gasteiger partial charge is 0.307 e. The Morgan fingerprint density at radius 1 is 0.970 bits per heavy atom. The molecule has 0 unspecified atom stereocenters. The highest BCUT2D eigenvalue weighted by molar-refractivity contribution is 5.96. The molecule has 0 aliphatic heterocycles. The quantitative estimate of drug-likeness (QED) is 0.314. The molecule has 0 saturated heterocycles. The zero-order chi connectivity index (χ0) is 23.0. The van der Waals surface area contributed by atoms with Gasteiger partial charge in [-0.25, -0.2) is 5.43 Å². The van der Waals surface area contributed by atoms with Gasteiger partial charge < -0.3 is 19.2 Å². The minimum Gasteiger partial charge on any atom is -0.493 e. The van der Waals surface area contributed by atoms with E-state index in [1.165, 1.54) is 13.3 Å². The van der Waals surface area contributed by atoms with E-state index in [0.717, 1.165) is 5.39 Å². The second kappa shape index (κ2) is 10.1. The van der Waals surface area contributed by atoms with Crippen LogP contribution in [0.3, 0.4) is 0 Å². The van der Waals surface area contributed by atoms with Gasteiger partial charge in [-0.05, 0) is 48.0 Å². The predicted molar refractivity (Wildman–Crippen MR) is 125 cm³/mol. The standard InChI is InChI=1S/C25H21N3O5/c1-31-22-13-17(11-12-21(22)32-16-24(29)27-19-8-3-2-4-9-19)15-26-28-25(30)23-14-18-7-5-6-10-20(18)33-23/h2-15H,16H2,1H3,(H,27,29)(H,28,30)/b26-15+. The summed E-state index contributed by atoms with van der Waals surface area (Å²) >= 11 is 0. The number of nitrogens with zero attached hydrogens (tertiary/aromatic N) is 1. The Balaban J connectivity index is 1.34. The van der Waals surface area contributed by atoms with Crippen molar-refractivity contribution in [1.29, 1.82) is 0 Å². The van der Waals surface area contributed by atoms with Gasteiger partial charge in [0.15, 0.2) is 23.9 Å². The average molecular weight is 443 g/mol. The summed E-state index contributed by atoms with van der Waals surface area (Å²) in [5, 5.41) is 7.55. The lowest BCUT2D eigenvalue weighted by atomic mass is 10.2. The summed E-state index contributed by atoms with van der Waals surface area (Å²) in [5.74, 6) is 0.253. The number of para-hydroxylation sites is 2. The highest BCUT2D eigenvalue weighted by Crippen LogP contribution is 2.27. The SMILES string of the molecule is COc1cc(/C=N/NC(=O)c2cc3ccccc3o2)ccc1OCC(=O)Nc1ccccc1. The fraction of sp³-hybridized carbons (Fsp3) is 0.0800. The summed E-state index contributed by atoms with van der Waals surface area (Å²) in [6, 6.07) is 23.2. The molecule has 0 atom stereocenters. The molecule has 8 nitrogen and oxygen atoms in total.